The first-order chi connectivity index (χ1) is 14.2. The Kier molecular flexibility index (Phi) is 7.22. The van der Waals surface area contributed by atoms with Gasteiger partial charge in [0.2, 0.25) is 0 Å². The molecule has 151 valence electrons. The van der Waals surface area contributed by atoms with Crippen molar-refractivity contribution in [3.8, 4) is 0 Å². The molecule has 0 fully saturated rings. The summed E-state index contributed by atoms with van der Waals surface area (Å²) in [5, 5.41) is 13.8. The molecule has 0 aliphatic carbocycles. The lowest BCUT2D eigenvalue weighted by Gasteiger charge is -2.09. The third-order valence-electron chi connectivity index (χ3n) is 4.47. The first-order valence-electron chi connectivity index (χ1n) is 9.87. The van der Waals surface area contributed by atoms with Crippen LogP contribution in [0.1, 0.15) is 44.0 Å². The summed E-state index contributed by atoms with van der Waals surface area (Å²) in [7, 11) is 0. The fourth-order valence-electron chi connectivity index (χ4n) is 2.88. The van der Waals surface area contributed by atoms with E-state index in [1.165, 1.54) is 0 Å². The van der Waals surface area contributed by atoms with Gasteiger partial charge in [-0.2, -0.15) is 0 Å². The molecule has 1 amide bonds. The fourth-order valence-corrected chi connectivity index (χ4v) is 2.88. The van der Waals surface area contributed by atoms with Crippen molar-refractivity contribution in [2.45, 2.75) is 39.2 Å². The molecule has 1 aromatic heterocycles. The number of hydrogen-bond acceptors (Lipinski definition) is 5. The van der Waals surface area contributed by atoms with Crippen LogP contribution in [0.4, 0.5) is 10.5 Å². The van der Waals surface area contributed by atoms with Crippen molar-refractivity contribution < 1.29 is 9.53 Å². The number of carbonyl (C=O) groups is 1. The van der Waals surface area contributed by atoms with Gasteiger partial charge >= 0.3 is 6.09 Å². The molecule has 4 N–H and O–H groups in total. The Labute approximate surface area is 170 Å². The number of unbranched alkanes of at least 4 members (excludes halogenated alkanes) is 3. The number of rotatable bonds is 9. The molecule has 0 atom stereocenters. The Morgan fingerprint density at radius 3 is 2.79 bits per heavy atom. The zero-order chi connectivity index (χ0) is 20.5. The largest absolute Gasteiger partial charge is 0.449 e. The van der Waals surface area contributed by atoms with E-state index in [1.54, 1.807) is 12.1 Å². The van der Waals surface area contributed by atoms with E-state index in [4.69, 9.17) is 10.1 Å². The molecule has 3 aromatic rings. The minimum Gasteiger partial charge on any atom is -0.449 e. The van der Waals surface area contributed by atoms with Crippen LogP contribution in [-0.4, -0.2) is 28.5 Å². The van der Waals surface area contributed by atoms with E-state index in [9.17, 15) is 4.79 Å². The van der Waals surface area contributed by atoms with Crippen molar-refractivity contribution in [1.82, 2.24) is 15.3 Å². The molecule has 7 nitrogen and oxygen atoms in total. The number of fused-ring (bicyclic) bond motifs is 1. The number of nitrogens with one attached hydrogen (secondary N) is 4. The van der Waals surface area contributed by atoms with Crippen LogP contribution in [0.15, 0.2) is 42.5 Å². The van der Waals surface area contributed by atoms with Gasteiger partial charge in [0.1, 0.15) is 11.7 Å². The molecule has 0 bridgehead atoms. The molecule has 0 aliphatic heterocycles. The summed E-state index contributed by atoms with van der Waals surface area (Å²) in [6, 6.07) is 15.9. The number of anilines is 1. The molecular weight excluding hydrogens is 366 g/mol. The summed E-state index contributed by atoms with van der Waals surface area (Å²) in [6.07, 6.45) is 3.57. The van der Waals surface area contributed by atoms with Crippen molar-refractivity contribution in [2.24, 2.45) is 0 Å². The van der Waals surface area contributed by atoms with Crippen LogP contribution >= 0.6 is 0 Å². The van der Waals surface area contributed by atoms with Crippen LogP contribution in [0.25, 0.3) is 11.0 Å². The lowest BCUT2D eigenvalue weighted by atomic mass is 10.2. The van der Waals surface area contributed by atoms with Gasteiger partial charge in [-0.25, -0.2) is 9.78 Å². The number of carbonyl (C=O) groups excluding carboxylic acids is 1. The first-order valence-corrected chi connectivity index (χ1v) is 9.87. The average Bonchev–Trinajstić information content (AvgIpc) is 3.15. The highest BCUT2D eigenvalue weighted by Crippen LogP contribution is 2.13. The van der Waals surface area contributed by atoms with Gasteiger partial charge in [-0.15, -0.1) is 0 Å². The third-order valence-corrected chi connectivity index (χ3v) is 4.47. The standard InChI is InChI=1S/C22H26N5O2/c1-2-3-4-7-14-29-22(28)27-21(23)16-10-12-17(13-11-16)24-15-20-25-18-8-5-6-9-19(18)26-20/h5,8-13,24H,2-4,7,14-15H2,1H3,(H,25,26)(H2,23,27,28). The SMILES string of the molecule is CCCCCCOC(=O)NC(=N)c1ccc(NCc2nc3c[c]ccc3[nH]2)cc1. The molecule has 7 heteroatoms. The molecule has 0 aliphatic rings. The summed E-state index contributed by atoms with van der Waals surface area (Å²) < 4.78 is 5.10. The smallest absolute Gasteiger partial charge is 0.412 e. The highest BCUT2D eigenvalue weighted by Gasteiger charge is 2.08. The zero-order valence-electron chi connectivity index (χ0n) is 16.5. The minimum absolute atomic E-state index is 0.0173. The number of aromatic amines is 1. The minimum atomic E-state index is -0.587. The molecule has 1 heterocycles. The van der Waals surface area contributed by atoms with Gasteiger partial charge in [0.25, 0.3) is 0 Å². The number of imidazole rings is 1. The molecule has 3 rings (SSSR count). The Hall–Kier alpha value is -3.35. The molecule has 0 spiro atoms. The highest BCUT2D eigenvalue weighted by molar-refractivity contribution is 6.04. The Morgan fingerprint density at radius 2 is 2.03 bits per heavy atom. The Balaban J connectivity index is 1.45. The summed E-state index contributed by atoms with van der Waals surface area (Å²) in [4.78, 5) is 19.5. The maximum absolute atomic E-state index is 11.8. The third kappa shape index (κ3) is 6.07. The normalized spacial score (nSPS) is 10.7. The predicted molar refractivity (Wildman–Crippen MR) is 114 cm³/mol. The summed E-state index contributed by atoms with van der Waals surface area (Å²) >= 11 is 0. The summed E-state index contributed by atoms with van der Waals surface area (Å²) in [5.41, 5.74) is 3.37. The number of alkyl carbamates (subject to hydrolysis) is 1. The second kappa shape index (κ2) is 10.3. The molecule has 2 aromatic carbocycles. The first kappa shape index (κ1) is 20.4. The lowest BCUT2D eigenvalue weighted by molar-refractivity contribution is 0.149. The van der Waals surface area contributed by atoms with Gasteiger partial charge in [-0.05, 0) is 48.9 Å². The molecule has 29 heavy (non-hydrogen) atoms. The molecule has 0 saturated carbocycles. The number of benzene rings is 2. The van der Waals surface area contributed by atoms with Crippen molar-refractivity contribution >= 4 is 28.6 Å². The van der Waals surface area contributed by atoms with Crippen LogP contribution in [0.2, 0.25) is 0 Å². The van der Waals surface area contributed by atoms with Gasteiger partial charge in [-0.3, -0.25) is 10.7 Å². The van der Waals surface area contributed by atoms with E-state index in [0.717, 1.165) is 48.2 Å². The molecular formula is C22H26N5O2. The summed E-state index contributed by atoms with van der Waals surface area (Å²) in [5.74, 6) is 0.850. The quantitative estimate of drug-likeness (QED) is 0.243. The second-order valence-electron chi connectivity index (χ2n) is 6.75. The lowest BCUT2D eigenvalue weighted by Crippen LogP contribution is -2.31. The number of amidine groups is 1. The van der Waals surface area contributed by atoms with E-state index in [-0.39, 0.29) is 5.84 Å². The number of aromatic nitrogens is 2. The zero-order valence-corrected chi connectivity index (χ0v) is 16.5. The van der Waals surface area contributed by atoms with E-state index < -0.39 is 6.09 Å². The Bertz CT molecular complexity index is 916. The maximum atomic E-state index is 11.8. The maximum Gasteiger partial charge on any atom is 0.412 e. The predicted octanol–water partition coefficient (Wildman–Crippen LogP) is 4.61. The van der Waals surface area contributed by atoms with Crippen molar-refractivity contribution in [3.05, 3.63) is 59.9 Å². The van der Waals surface area contributed by atoms with Crippen LogP contribution in [-0.2, 0) is 11.3 Å². The second-order valence-corrected chi connectivity index (χ2v) is 6.75. The van der Waals surface area contributed by atoms with Gasteiger partial charge in [0.15, 0.2) is 0 Å². The number of amides is 1. The fraction of sp³-hybridized carbons (Fsp3) is 0.318. The topological polar surface area (TPSA) is 103 Å². The van der Waals surface area contributed by atoms with Crippen LogP contribution in [0, 0.1) is 11.5 Å². The van der Waals surface area contributed by atoms with Crippen LogP contribution in [0.5, 0.6) is 0 Å². The van der Waals surface area contributed by atoms with Gasteiger partial charge in [0, 0.05) is 11.3 Å². The number of ether oxygens (including phenoxy) is 1. The number of nitrogens with zero attached hydrogens (tertiary/aromatic N) is 1. The van der Waals surface area contributed by atoms with Crippen LogP contribution < -0.4 is 10.6 Å². The highest BCUT2D eigenvalue weighted by atomic mass is 16.5. The number of H-pyrrole nitrogens is 1. The van der Waals surface area contributed by atoms with E-state index in [2.05, 4.69) is 33.6 Å². The van der Waals surface area contributed by atoms with E-state index in [0.29, 0.717) is 18.7 Å². The average molecular weight is 392 g/mol. The summed E-state index contributed by atoms with van der Waals surface area (Å²) in [6.45, 7) is 3.06. The van der Waals surface area contributed by atoms with Gasteiger partial charge < -0.3 is 15.0 Å². The van der Waals surface area contributed by atoms with E-state index >= 15 is 0 Å². The van der Waals surface area contributed by atoms with Gasteiger partial charge in [0.05, 0.1) is 24.2 Å². The van der Waals surface area contributed by atoms with Crippen molar-refractivity contribution in [1.29, 1.82) is 5.41 Å². The van der Waals surface area contributed by atoms with Crippen molar-refractivity contribution in [3.63, 3.8) is 0 Å². The van der Waals surface area contributed by atoms with Crippen molar-refractivity contribution in [2.75, 3.05) is 11.9 Å². The van der Waals surface area contributed by atoms with Crippen LogP contribution in [0.3, 0.4) is 0 Å². The molecule has 0 unspecified atom stereocenters. The number of hydrogen-bond donors (Lipinski definition) is 4. The Morgan fingerprint density at radius 1 is 1.21 bits per heavy atom. The van der Waals surface area contributed by atoms with E-state index in [1.807, 2.05) is 30.3 Å². The molecule has 1 radical (unpaired) electrons. The monoisotopic (exact) mass is 392 g/mol. The molecule has 0 saturated heterocycles. The van der Waals surface area contributed by atoms with Gasteiger partial charge in [-0.1, -0.05) is 32.3 Å².